The minimum absolute atomic E-state index is 0.408. The number of benzene rings is 2. The summed E-state index contributed by atoms with van der Waals surface area (Å²) in [4.78, 5) is 2.16. The van der Waals surface area contributed by atoms with E-state index in [4.69, 9.17) is 26.2 Å². The van der Waals surface area contributed by atoms with Gasteiger partial charge in [0.2, 0.25) is 5.88 Å². The summed E-state index contributed by atoms with van der Waals surface area (Å²) in [6.07, 6.45) is 0.281. The van der Waals surface area contributed by atoms with Gasteiger partial charge in [0.1, 0.15) is 5.75 Å². The third-order valence-corrected chi connectivity index (χ3v) is 5.43. The van der Waals surface area contributed by atoms with E-state index in [-0.39, 0.29) is 0 Å². The fraction of sp³-hybridized carbons (Fsp3) is 0.375. The highest BCUT2D eigenvalue weighted by Gasteiger charge is 2.22. The summed E-state index contributed by atoms with van der Waals surface area (Å²) in [5.74, 6) is 1.18. The molecule has 1 aromatic heterocycles. The molecule has 31 heavy (non-hydrogen) atoms. The predicted molar refractivity (Wildman–Crippen MR) is 123 cm³/mol. The maximum Gasteiger partial charge on any atom is 0.227 e. The first-order valence-electron chi connectivity index (χ1n) is 10.5. The van der Waals surface area contributed by atoms with Crippen molar-refractivity contribution < 1.29 is 14.6 Å². The Balaban J connectivity index is 2.01. The number of methoxy groups -OCH3 is 1. The molecule has 7 heteroatoms. The average Bonchev–Trinajstić information content (AvgIpc) is 3.09. The van der Waals surface area contributed by atoms with Crippen LogP contribution < -0.4 is 4.74 Å². The number of hydrogen-bond donors (Lipinski definition) is 1. The lowest BCUT2D eigenvalue weighted by molar-refractivity contribution is 0.0825. The fourth-order valence-electron chi connectivity index (χ4n) is 3.31. The van der Waals surface area contributed by atoms with E-state index in [1.54, 1.807) is 17.9 Å². The molecule has 0 saturated heterocycles. The molecule has 0 bridgehead atoms. The zero-order valence-corrected chi connectivity index (χ0v) is 19.0. The van der Waals surface area contributed by atoms with Gasteiger partial charge in [-0.1, -0.05) is 48.9 Å². The first kappa shape index (κ1) is 23.3. The maximum absolute atomic E-state index is 10.2. The van der Waals surface area contributed by atoms with Crippen LogP contribution in [-0.2, 0) is 11.3 Å². The van der Waals surface area contributed by atoms with Gasteiger partial charge >= 0.3 is 0 Å². The highest BCUT2D eigenvalue weighted by atomic mass is 35.5. The minimum atomic E-state index is -0.408. The van der Waals surface area contributed by atoms with Crippen molar-refractivity contribution in [2.75, 3.05) is 26.8 Å². The molecule has 0 radical (unpaired) electrons. The van der Waals surface area contributed by atoms with Crippen LogP contribution in [0, 0.1) is 6.92 Å². The Hall–Kier alpha value is -2.38. The summed E-state index contributed by atoms with van der Waals surface area (Å²) in [5, 5.41) is 15.5. The SMILES string of the molecule is CC[C@H](O)CN(CCOC)Cc1c(C)nn(-c2ccccc2)c1Oc1ccccc1Cl. The second-order valence-corrected chi connectivity index (χ2v) is 7.85. The lowest BCUT2D eigenvalue weighted by atomic mass is 10.2. The van der Waals surface area contributed by atoms with E-state index in [0.717, 1.165) is 16.9 Å². The van der Waals surface area contributed by atoms with Gasteiger partial charge in [-0.05, 0) is 37.6 Å². The number of nitrogens with zero attached hydrogens (tertiary/aromatic N) is 3. The van der Waals surface area contributed by atoms with E-state index in [1.807, 2.05) is 62.4 Å². The van der Waals surface area contributed by atoms with Crippen LogP contribution in [0.2, 0.25) is 5.02 Å². The summed E-state index contributed by atoms with van der Waals surface area (Å²) < 4.78 is 13.4. The van der Waals surface area contributed by atoms with Gasteiger partial charge < -0.3 is 14.6 Å². The van der Waals surface area contributed by atoms with Crippen molar-refractivity contribution in [1.29, 1.82) is 0 Å². The van der Waals surface area contributed by atoms with Crippen molar-refractivity contribution >= 4 is 11.6 Å². The van der Waals surface area contributed by atoms with Gasteiger partial charge in [0.25, 0.3) is 0 Å². The maximum atomic E-state index is 10.2. The first-order valence-corrected chi connectivity index (χ1v) is 10.9. The fourth-order valence-corrected chi connectivity index (χ4v) is 3.48. The monoisotopic (exact) mass is 443 g/mol. The Morgan fingerprint density at radius 3 is 2.52 bits per heavy atom. The molecular formula is C24H30ClN3O3. The van der Waals surface area contributed by atoms with Crippen LogP contribution >= 0.6 is 11.6 Å². The summed E-state index contributed by atoms with van der Waals surface area (Å²) >= 11 is 6.38. The number of aliphatic hydroxyl groups is 1. The van der Waals surface area contributed by atoms with Crippen LogP contribution in [0.25, 0.3) is 5.69 Å². The normalized spacial score (nSPS) is 12.3. The largest absolute Gasteiger partial charge is 0.437 e. The van der Waals surface area contributed by atoms with Gasteiger partial charge in [-0.25, -0.2) is 4.68 Å². The van der Waals surface area contributed by atoms with E-state index in [2.05, 4.69) is 4.90 Å². The van der Waals surface area contributed by atoms with E-state index in [0.29, 0.717) is 49.3 Å². The standard InChI is InChI=1S/C24H30ClN3O3/c1-4-20(29)16-27(14-15-30-3)17-21-18(2)26-28(19-10-6-5-7-11-19)24(21)31-23-13-9-8-12-22(23)25/h5-13,20,29H,4,14-17H2,1-3H3/t20-/m0/s1. The molecule has 0 aliphatic rings. The summed E-state index contributed by atoms with van der Waals surface area (Å²) in [5.41, 5.74) is 2.71. The molecule has 0 amide bonds. The Kier molecular flexibility index (Phi) is 8.49. The molecule has 1 atom stereocenters. The van der Waals surface area contributed by atoms with E-state index in [9.17, 15) is 5.11 Å². The van der Waals surface area contributed by atoms with Crippen molar-refractivity contribution in [3.05, 3.63) is 70.9 Å². The van der Waals surface area contributed by atoms with Crippen molar-refractivity contribution in [1.82, 2.24) is 14.7 Å². The molecule has 1 heterocycles. The Morgan fingerprint density at radius 2 is 1.84 bits per heavy atom. The van der Waals surface area contributed by atoms with E-state index >= 15 is 0 Å². The van der Waals surface area contributed by atoms with Crippen molar-refractivity contribution in [2.24, 2.45) is 0 Å². The third-order valence-electron chi connectivity index (χ3n) is 5.11. The van der Waals surface area contributed by atoms with Gasteiger partial charge in [0.05, 0.1) is 34.7 Å². The number of hydrogen-bond acceptors (Lipinski definition) is 5. The molecule has 3 aromatic rings. The number of halogens is 1. The van der Waals surface area contributed by atoms with Crippen LogP contribution in [0.1, 0.15) is 24.6 Å². The molecule has 166 valence electrons. The number of para-hydroxylation sites is 2. The van der Waals surface area contributed by atoms with Crippen LogP contribution in [-0.4, -0.2) is 52.7 Å². The van der Waals surface area contributed by atoms with Crippen LogP contribution in [0.4, 0.5) is 0 Å². The Morgan fingerprint density at radius 1 is 1.13 bits per heavy atom. The minimum Gasteiger partial charge on any atom is -0.437 e. The second kappa shape index (κ2) is 11.3. The van der Waals surface area contributed by atoms with Crippen molar-refractivity contribution in [2.45, 2.75) is 32.9 Å². The lowest BCUT2D eigenvalue weighted by Gasteiger charge is -2.24. The topological polar surface area (TPSA) is 59.8 Å². The van der Waals surface area contributed by atoms with Crippen molar-refractivity contribution in [3.8, 4) is 17.3 Å². The van der Waals surface area contributed by atoms with Crippen LogP contribution in [0.15, 0.2) is 54.6 Å². The average molecular weight is 444 g/mol. The summed E-state index contributed by atoms with van der Waals surface area (Å²) in [6.45, 7) is 6.32. The molecular weight excluding hydrogens is 414 g/mol. The molecule has 1 N–H and O–H groups in total. The predicted octanol–water partition coefficient (Wildman–Crippen LogP) is 4.85. The van der Waals surface area contributed by atoms with Gasteiger partial charge in [-0.3, -0.25) is 4.90 Å². The highest BCUT2D eigenvalue weighted by Crippen LogP contribution is 2.34. The smallest absolute Gasteiger partial charge is 0.227 e. The van der Waals surface area contributed by atoms with Crippen molar-refractivity contribution in [3.63, 3.8) is 0 Å². The van der Waals surface area contributed by atoms with E-state index in [1.165, 1.54) is 0 Å². The third kappa shape index (κ3) is 6.08. The number of ether oxygens (including phenoxy) is 2. The number of aliphatic hydroxyl groups excluding tert-OH is 1. The van der Waals surface area contributed by atoms with Gasteiger partial charge in [0.15, 0.2) is 0 Å². The van der Waals surface area contributed by atoms with Crippen LogP contribution in [0.5, 0.6) is 11.6 Å². The Bertz CT molecular complexity index is 962. The van der Waals surface area contributed by atoms with Gasteiger partial charge in [0, 0.05) is 26.7 Å². The van der Waals surface area contributed by atoms with E-state index < -0.39 is 6.10 Å². The molecule has 0 unspecified atom stereocenters. The molecule has 0 saturated carbocycles. The molecule has 0 fully saturated rings. The summed E-state index contributed by atoms with van der Waals surface area (Å²) in [7, 11) is 1.68. The molecule has 3 rings (SSSR count). The van der Waals surface area contributed by atoms with Gasteiger partial charge in [-0.15, -0.1) is 0 Å². The molecule has 0 aliphatic heterocycles. The molecule has 0 aliphatic carbocycles. The number of aromatic nitrogens is 2. The Labute approximate surface area is 189 Å². The highest BCUT2D eigenvalue weighted by molar-refractivity contribution is 6.32. The lowest BCUT2D eigenvalue weighted by Crippen LogP contribution is -2.34. The molecule has 6 nitrogen and oxygen atoms in total. The first-order chi connectivity index (χ1) is 15.0. The second-order valence-electron chi connectivity index (χ2n) is 7.44. The quantitative estimate of drug-likeness (QED) is 0.459. The number of aryl methyl sites for hydroxylation is 1. The summed E-state index contributed by atoms with van der Waals surface area (Å²) in [6, 6.07) is 17.3. The zero-order chi connectivity index (χ0) is 22.2. The molecule has 0 spiro atoms. The number of rotatable bonds is 11. The van der Waals surface area contributed by atoms with Gasteiger partial charge in [-0.2, -0.15) is 5.10 Å². The zero-order valence-electron chi connectivity index (χ0n) is 18.3. The van der Waals surface area contributed by atoms with Crippen LogP contribution in [0.3, 0.4) is 0 Å². The molecule has 2 aromatic carbocycles.